The van der Waals surface area contributed by atoms with E-state index in [1.54, 1.807) is 0 Å². The molecule has 1 unspecified atom stereocenters. The van der Waals surface area contributed by atoms with Gasteiger partial charge in [-0.25, -0.2) is 0 Å². The van der Waals surface area contributed by atoms with E-state index in [0.29, 0.717) is 6.10 Å². The van der Waals surface area contributed by atoms with Gasteiger partial charge in [-0.2, -0.15) is 5.10 Å². The lowest BCUT2D eigenvalue weighted by Crippen LogP contribution is -2.44. The summed E-state index contributed by atoms with van der Waals surface area (Å²) in [6.45, 7) is 12.7. The summed E-state index contributed by atoms with van der Waals surface area (Å²) in [5.41, 5.74) is 1.34. The SMILES string of the molecule is CC(C)(C)[Si](C)(C)OC1CCCCn2nccc2C1. The van der Waals surface area contributed by atoms with Crippen LogP contribution in [0.25, 0.3) is 0 Å². The van der Waals surface area contributed by atoms with Crippen LogP contribution in [-0.4, -0.2) is 24.2 Å². The van der Waals surface area contributed by atoms with Crippen molar-refractivity contribution in [2.75, 3.05) is 0 Å². The van der Waals surface area contributed by atoms with Gasteiger partial charge in [-0.15, -0.1) is 0 Å². The maximum atomic E-state index is 6.60. The molecule has 1 atom stereocenters. The molecule has 108 valence electrons. The third-order valence-electron chi connectivity index (χ3n) is 4.65. The van der Waals surface area contributed by atoms with Crippen LogP contribution in [0, 0.1) is 0 Å². The van der Waals surface area contributed by atoms with Crippen molar-refractivity contribution in [2.45, 2.75) is 77.2 Å². The molecule has 19 heavy (non-hydrogen) atoms. The Balaban J connectivity index is 2.09. The first-order valence-corrected chi connectivity index (χ1v) is 10.4. The van der Waals surface area contributed by atoms with Gasteiger partial charge in [0.25, 0.3) is 0 Å². The molecule has 1 aliphatic rings. The first kappa shape index (κ1) is 14.8. The Bertz CT molecular complexity index is 420. The second-order valence-electron chi connectivity index (χ2n) is 7.25. The van der Waals surface area contributed by atoms with Crippen molar-refractivity contribution >= 4 is 8.32 Å². The predicted octanol–water partition coefficient (Wildman–Crippen LogP) is 4.00. The molecule has 1 aromatic heterocycles. The molecule has 0 aliphatic carbocycles. The average molecular weight is 280 g/mol. The van der Waals surface area contributed by atoms with Crippen LogP contribution in [-0.2, 0) is 17.4 Å². The summed E-state index contributed by atoms with van der Waals surface area (Å²) in [7, 11) is -1.66. The van der Waals surface area contributed by atoms with E-state index in [4.69, 9.17) is 4.43 Å². The van der Waals surface area contributed by atoms with Crippen LogP contribution >= 0.6 is 0 Å². The van der Waals surface area contributed by atoms with E-state index in [2.05, 4.69) is 49.7 Å². The smallest absolute Gasteiger partial charge is 0.192 e. The molecule has 2 heterocycles. The second-order valence-corrected chi connectivity index (χ2v) is 12.0. The topological polar surface area (TPSA) is 27.1 Å². The van der Waals surface area contributed by atoms with Gasteiger partial charge >= 0.3 is 0 Å². The first-order chi connectivity index (χ1) is 8.79. The van der Waals surface area contributed by atoms with Crippen molar-refractivity contribution in [3.05, 3.63) is 18.0 Å². The van der Waals surface area contributed by atoms with Gasteiger partial charge in [0.1, 0.15) is 0 Å². The van der Waals surface area contributed by atoms with Gasteiger partial charge in [0.2, 0.25) is 0 Å². The van der Waals surface area contributed by atoms with Crippen molar-refractivity contribution in [2.24, 2.45) is 0 Å². The normalized spacial score (nSPS) is 21.6. The Labute approximate surface area is 118 Å². The molecule has 2 rings (SSSR count). The molecule has 0 saturated carbocycles. The number of fused-ring (bicyclic) bond motifs is 1. The molecule has 1 aromatic rings. The van der Waals surface area contributed by atoms with Gasteiger partial charge in [0, 0.05) is 24.9 Å². The number of aryl methyl sites for hydroxylation is 1. The molecule has 0 bridgehead atoms. The largest absolute Gasteiger partial charge is 0.414 e. The van der Waals surface area contributed by atoms with E-state index in [-0.39, 0.29) is 5.04 Å². The van der Waals surface area contributed by atoms with Crippen LogP contribution in [0.3, 0.4) is 0 Å². The Morgan fingerprint density at radius 2 is 2.05 bits per heavy atom. The van der Waals surface area contributed by atoms with Crippen molar-refractivity contribution in [3.8, 4) is 0 Å². The Kier molecular flexibility index (Phi) is 4.21. The Morgan fingerprint density at radius 3 is 2.74 bits per heavy atom. The van der Waals surface area contributed by atoms with Gasteiger partial charge in [-0.3, -0.25) is 4.68 Å². The van der Waals surface area contributed by atoms with Crippen molar-refractivity contribution in [3.63, 3.8) is 0 Å². The van der Waals surface area contributed by atoms with Gasteiger partial charge in [-0.1, -0.05) is 20.8 Å². The zero-order valence-corrected chi connectivity index (χ0v) is 14.1. The molecule has 3 nitrogen and oxygen atoms in total. The van der Waals surface area contributed by atoms with E-state index >= 15 is 0 Å². The minimum absolute atomic E-state index is 0.287. The Morgan fingerprint density at radius 1 is 1.32 bits per heavy atom. The standard InChI is InChI=1S/C15H28N2OSi/c1-15(2,3)19(4,5)18-14-8-6-7-11-17-13(12-14)9-10-16-17/h9-10,14H,6-8,11-12H2,1-5H3. The number of rotatable bonds is 2. The third kappa shape index (κ3) is 3.48. The maximum absolute atomic E-state index is 6.60. The number of hydrogen-bond acceptors (Lipinski definition) is 2. The van der Waals surface area contributed by atoms with Crippen LogP contribution in [0.2, 0.25) is 18.1 Å². The quantitative estimate of drug-likeness (QED) is 0.766. The fourth-order valence-corrected chi connectivity index (χ4v) is 3.79. The summed E-state index contributed by atoms with van der Waals surface area (Å²) in [6.07, 6.45) is 6.97. The first-order valence-electron chi connectivity index (χ1n) is 7.48. The van der Waals surface area contributed by atoms with E-state index in [9.17, 15) is 0 Å². The van der Waals surface area contributed by atoms with E-state index in [0.717, 1.165) is 13.0 Å². The van der Waals surface area contributed by atoms with Gasteiger partial charge in [0.15, 0.2) is 8.32 Å². The van der Waals surface area contributed by atoms with Gasteiger partial charge in [0.05, 0.1) is 6.10 Å². The van der Waals surface area contributed by atoms with Crippen LogP contribution in [0.4, 0.5) is 0 Å². The van der Waals surface area contributed by atoms with Crippen LogP contribution < -0.4 is 0 Å². The minimum atomic E-state index is -1.66. The van der Waals surface area contributed by atoms with Gasteiger partial charge < -0.3 is 4.43 Å². The molecule has 0 fully saturated rings. The average Bonchev–Trinajstić information content (AvgIpc) is 2.65. The lowest BCUT2D eigenvalue weighted by atomic mass is 10.1. The number of hydrogen-bond donors (Lipinski definition) is 0. The molecular formula is C15H28N2OSi. The molecule has 0 N–H and O–H groups in total. The lowest BCUT2D eigenvalue weighted by Gasteiger charge is -2.39. The molecule has 0 spiro atoms. The highest BCUT2D eigenvalue weighted by atomic mass is 28.4. The summed E-state index contributed by atoms with van der Waals surface area (Å²) in [4.78, 5) is 0. The lowest BCUT2D eigenvalue weighted by molar-refractivity contribution is 0.159. The molecule has 0 aromatic carbocycles. The second kappa shape index (κ2) is 5.41. The maximum Gasteiger partial charge on any atom is 0.192 e. The van der Waals surface area contributed by atoms with E-state index in [1.165, 1.54) is 25.0 Å². The van der Waals surface area contributed by atoms with Crippen molar-refractivity contribution in [1.29, 1.82) is 0 Å². The Hall–Kier alpha value is -0.613. The van der Waals surface area contributed by atoms with Crippen molar-refractivity contribution < 1.29 is 4.43 Å². The number of nitrogens with zero attached hydrogens (tertiary/aromatic N) is 2. The summed E-state index contributed by atoms with van der Waals surface area (Å²) < 4.78 is 8.76. The summed E-state index contributed by atoms with van der Waals surface area (Å²) in [5.74, 6) is 0. The predicted molar refractivity (Wildman–Crippen MR) is 81.9 cm³/mol. The zero-order valence-electron chi connectivity index (χ0n) is 13.1. The zero-order chi connectivity index (χ0) is 14.1. The highest BCUT2D eigenvalue weighted by Gasteiger charge is 2.39. The molecule has 0 radical (unpaired) electrons. The summed E-state index contributed by atoms with van der Waals surface area (Å²) >= 11 is 0. The monoisotopic (exact) mass is 280 g/mol. The van der Waals surface area contributed by atoms with Crippen molar-refractivity contribution in [1.82, 2.24) is 9.78 Å². The van der Waals surface area contributed by atoms with Crippen LogP contribution in [0.5, 0.6) is 0 Å². The van der Waals surface area contributed by atoms with Crippen LogP contribution in [0.1, 0.15) is 45.7 Å². The fraction of sp³-hybridized carbons (Fsp3) is 0.800. The van der Waals surface area contributed by atoms with E-state index < -0.39 is 8.32 Å². The van der Waals surface area contributed by atoms with Crippen LogP contribution in [0.15, 0.2) is 12.3 Å². The highest BCUT2D eigenvalue weighted by molar-refractivity contribution is 6.74. The molecule has 0 amide bonds. The fourth-order valence-electron chi connectivity index (χ4n) is 2.40. The molecule has 0 saturated heterocycles. The molecule has 1 aliphatic heterocycles. The van der Waals surface area contributed by atoms with E-state index in [1.807, 2.05) is 6.20 Å². The molecule has 4 heteroatoms. The summed E-state index contributed by atoms with van der Waals surface area (Å²) in [5, 5.41) is 4.70. The van der Waals surface area contributed by atoms with Gasteiger partial charge in [-0.05, 0) is 43.5 Å². The molecular weight excluding hydrogens is 252 g/mol. The number of aromatic nitrogens is 2. The minimum Gasteiger partial charge on any atom is -0.414 e. The summed E-state index contributed by atoms with van der Waals surface area (Å²) in [6, 6.07) is 2.15. The highest BCUT2D eigenvalue weighted by Crippen LogP contribution is 2.38. The third-order valence-corrected chi connectivity index (χ3v) is 9.19.